The third-order valence-corrected chi connectivity index (χ3v) is 3.45. The van der Waals surface area contributed by atoms with Gasteiger partial charge in [0.1, 0.15) is 5.82 Å². The van der Waals surface area contributed by atoms with E-state index < -0.39 is 0 Å². The van der Waals surface area contributed by atoms with Crippen LogP contribution >= 0.6 is 0 Å². The number of rotatable bonds is 2. The Morgan fingerprint density at radius 3 is 3.21 bits per heavy atom. The van der Waals surface area contributed by atoms with E-state index in [1.165, 1.54) is 19.2 Å². The molecule has 0 aliphatic carbocycles. The van der Waals surface area contributed by atoms with Crippen LogP contribution in [0.25, 0.3) is 11.0 Å². The van der Waals surface area contributed by atoms with Gasteiger partial charge in [-0.2, -0.15) is 0 Å². The van der Waals surface area contributed by atoms with Gasteiger partial charge in [0.15, 0.2) is 0 Å². The number of benzene rings is 1. The van der Waals surface area contributed by atoms with Crippen molar-refractivity contribution >= 4 is 23.0 Å². The lowest BCUT2D eigenvalue weighted by molar-refractivity contribution is -0.144. The van der Waals surface area contributed by atoms with Gasteiger partial charge in [-0.3, -0.25) is 4.79 Å². The summed E-state index contributed by atoms with van der Waals surface area (Å²) in [6.07, 6.45) is 0.748. The summed E-state index contributed by atoms with van der Waals surface area (Å²) in [7, 11) is 1.40. The van der Waals surface area contributed by atoms with Gasteiger partial charge < -0.3 is 14.6 Å². The van der Waals surface area contributed by atoms with E-state index in [1.54, 1.807) is 6.07 Å². The maximum absolute atomic E-state index is 13.1. The molecule has 5 nitrogen and oxygen atoms in total. The quantitative estimate of drug-likeness (QED) is 0.838. The Kier molecular flexibility index (Phi) is 2.85. The predicted octanol–water partition coefficient (Wildman–Crippen LogP) is 1.70. The molecule has 1 aliphatic heterocycles. The van der Waals surface area contributed by atoms with Crippen LogP contribution in [-0.4, -0.2) is 36.1 Å². The van der Waals surface area contributed by atoms with E-state index in [0.29, 0.717) is 18.0 Å². The predicted molar refractivity (Wildman–Crippen MR) is 68.4 cm³/mol. The number of esters is 1. The molecule has 0 saturated carbocycles. The summed E-state index contributed by atoms with van der Waals surface area (Å²) in [6, 6.07) is 4.44. The van der Waals surface area contributed by atoms with Gasteiger partial charge in [-0.1, -0.05) is 0 Å². The van der Waals surface area contributed by atoms with E-state index in [0.717, 1.165) is 18.5 Å². The number of H-pyrrole nitrogens is 1. The zero-order valence-electron chi connectivity index (χ0n) is 10.5. The van der Waals surface area contributed by atoms with Crippen LogP contribution in [0.3, 0.4) is 0 Å². The van der Waals surface area contributed by atoms with E-state index in [-0.39, 0.29) is 17.7 Å². The van der Waals surface area contributed by atoms with Crippen molar-refractivity contribution in [2.75, 3.05) is 25.1 Å². The molecule has 6 heteroatoms. The molecule has 2 aromatic rings. The first kappa shape index (κ1) is 12.0. The molecule has 0 amide bonds. The molecule has 1 atom stereocenters. The second kappa shape index (κ2) is 4.53. The fraction of sp³-hybridized carbons (Fsp3) is 0.385. The van der Waals surface area contributed by atoms with Crippen LogP contribution < -0.4 is 4.90 Å². The minimum atomic E-state index is -0.295. The summed E-state index contributed by atoms with van der Waals surface area (Å²) in [4.78, 5) is 20.9. The highest BCUT2D eigenvalue weighted by molar-refractivity contribution is 5.78. The van der Waals surface area contributed by atoms with E-state index in [4.69, 9.17) is 4.74 Å². The summed E-state index contributed by atoms with van der Waals surface area (Å²) in [5.41, 5.74) is 1.38. The number of halogens is 1. The molecule has 100 valence electrons. The van der Waals surface area contributed by atoms with Crippen LogP contribution in [0.15, 0.2) is 18.2 Å². The van der Waals surface area contributed by atoms with Crippen molar-refractivity contribution in [1.29, 1.82) is 0 Å². The first-order valence-electron chi connectivity index (χ1n) is 6.15. The Morgan fingerprint density at radius 1 is 1.58 bits per heavy atom. The number of hydrogen-bond acceptors (Lipinski definition) is 4. The maximum Gasteiger partial charge on any atom is 0.310 e. The number of methoxy groups -OCH3 is 1. The average Bonchev–Trinajstić information content (AvgIpc) is 3.03. The fourth-order valence-electron chi connectivity index (χ4n) is 2.43. The van der Waals surface area contributed by atoms with Crippen LogP contribution in [0.5, 0.6) is 0 Å². The molecule has 1 aromatic heterocycles. The second-order valence-electron chi connectivity index (χ2n) is 4.68. The van der Waals surface area contributed by atoms with E-state index >= 15 is 0 Å². The Bertz CT molecular complexity index is 625. The maximum atomic E-state index is 13.1. The SMILES string of the molecule is COC(=O)C1CCN(c2nc3ccc(F)cc3[nH]2)C1. The van der Waals surface area contributed by atoms with Crippen molar-refractivity contribution < 1.29 is 13.9 Å². The summed E-state index contributed by atoms with van der Waals surface area (Å²) in [5.74, 6) is 0.0724. The van der Waals surface area contributed by atoms with Crippen LogP contribution in [0.2, 0.25) is 0 Å². The Balaban J connectivity index is 1.83. The number of anilines is 1. The lowest BCUT2D eigenvalue weighted by atomic mass is 10.1. The molecule has 1 aromatic carbocycles. The number of hydrogen-bond donors (Lipinski definition) is 1. The van der Waals surface area contributed by atoms with Gasteiger partial charge in [-0.15, -0.1) is 0 Å². The second-order valence-corrected chi connectivity index (χ2v) is 4.68. The highest BCUT2D eigenvalue weighted by Crippen LogP contribution is 2.24. The van der Waals surface area contributed by atoms with Gasteiger partial charge in [0.05, 0.1) is 24.1 Å². The van der Waals surface area contributed by atoms with Crippen LogP contribution in [0.4, 0.5) is 10.3 Å². The number of fused-ring (bicyclic) bond motifs is 1. The van der Waals surface area contributed by atoms with Gasteiger partial charge in [-0.05, 0) is 24.6 Å². The van der Waals surface area contributed by atoms with Crippen molar-refractivity contribution in [3.8, 4) is 0 Å². The Labute approximate surface area is 109 Å². The fourth-order valence-corrected chi connectivity index (χ4v) is 2.43. The highest BCUT2D eigenvalue weighted by Gasteiger charge is 2.30. The molecule has 1 N–H and O–H groups in total. The molecule has 1 unspecified atom stereocenters. The molecule has 2 heterocycles. The number of aromatic amines is 1. The minimum absolute atomic E-state index is 0.116. The van der Waals surface area contributed by atoms with Crippen molar-refractivity contribution in [2.45, 2.75) is 6.42 Å². The van der Waals surface area contributed by atoms with Gasteiger partial charge in [-0.25, -0.2) is 9.37 Å². The van der Waals surface area contributed by atoms with E-state index in [9.17, 15) is 9.18 Å². The van der Waals surface area contributed by atoms with Gasteiger partial charge >= 0.3 is 5.97 Å². The summed E-state index contributed by atoms with van der Waals surface area (Å²) in [5, 5.41) is 0. The molecule has 0 bridgehead atoms. The molecular formula is C13H14FN3O2. The highest BCUT2D eigenvalue weighted by atomic mass is 19.1. The van der Waals surface area contributed by atoms with E-state index in [2.05, 4.69) is 9.97 Å². The standard InChI is InChI=1S/C13H14FN3O2/c1-19-12(18)8-4-5-17(7-8)13-15-10-3-2-9(14)6-11(10)16-13/h2-3,6,8H,4-5,7H2,1H3,(H,15,16). The van der Waals surface area contributed by atoms with Gasteiger partial charge in [0.25, 0.3) is 0 Å². The number of imidazole rings is 1. The van der Waals surface area contributed by atoms with Crippen molar-refractivity contribution in [2.24, 2.45) is 5.92 Å². The van der Waals surface area contributed by atoms with Gasteiger partial charge in [0.2, 0.25) is 5.95 Å². The summed E-state index contributed by atoms with van der Waals surface area (Å²) in [6.45, 7) is 1.32. The molecule has 19 heavy (non-hydrogen) atoms. The van der Waals surface area contributed by atoms with Crippen LogP contribution in [0.1, 0.15) is 6.42 Å². The Hall–Kier alpha value is -2.11. The van der Waals surface area contributed by atoms with E-state index in [1.807, 2.05) is 4.90 Å². The Morgan fingerprint density at radius 2 is 2.42 bits per heavy atom. The zero-order valence-corrected chi connectivity index (χ0v) is 10.5. The average molecular weight is 263 g/mol. The van der Waals surface area contributed by atoms with Crippen LogP contribution in [0, 0.1) is 11.7 Å². The molecule has 1 aliphatic rings. The molecule has 1 fully saturated rings. The number of nitrogens with zero attached hydrogens (tertiary/aromatic N) is 2. The molecular weight excluding hydrogens is 249 g/mol. The lowest BCUT2D eigenvalue weighted by Crippen LogP contribution is -2.24. The zero-order chi connectivity index (χ0) is 13.4. The van der Waals surface area contributed by atoms with Crippen molar-refractivity contribution in [3.05, 3.63) is 24.0 Å². The number of nitrogens with one attached hydrogen (secondary N) is 1. The third-order valence-electron chi connectivity index (χ3n) is 3.45. The normalized spacial score (nSPS) is 19.1. The van der Waals surface area contributed by atoms with Crippen molar-refractivity contribution in [3.63, 3.8) is 0 Å². The number of aromatic nitrogens is 2. The smallest absolute Gasteiger partial charge is 0.310 e. The van der Waals surface area contributed by atoms with Crippen LogP contribution in [-0.2, 0) is 9.53 Å². The summed E-state index contributed by atoms with van der Waals surface area (Å²) >= 11 is 0. The number of carbonyl (C=O) groups excluding carboxylic acids is 1. The first-order chi connectivity index (χ1) is 9.17. The molecule has 1 saturated heterocycles. The number of ether oxygens (including phenoxy) is 1. The number of carbonyl (C=O) groups is 1. The lowest BCUT2D eigenvalue weighted by Gasteiger charge is -2.13. The first-order valence-corrected chi connectivity index (χ1v) is 6.15. The largest absolute Gasteiger partial charge is 0.469 e. The summed E-state index contributed by atoms with van der Waals surface area (Å²) < 4.78 is 17.9. The topological polar surface area (TPSA) is 58.2 Å². The molecule has 0 spiro atoms. The molecule has 0 radical (unpaired) electrons. The minimum Gasteiger partial charge on any atom is -0.469 e. The van der Waals surface area contributed by atoms with Gasteiger partial charge in [0, 0.05) is 13.1 Å². The van der Waals surface area contributed by atoms with Crippen molar-refractivity contribution in [1.82, 2.24) is 9.97 Å². The monoisotopic (exact) mass is 263 g/mol. The molecule has 3 rings (SSSR count). The third kappa shape index (κ3) is 2.14.